The molecule has 22 heavy (non-hydrogen) atoms. The van der Waals surface area contributed by atoms with Gasteiger partial charge in [0, 0.05) is 0 Å². The Hall–Kier alpha value is -1.08. The first kappa shape index (κ1) is 23.2. The zero-order valence-corrected chi connectivity index (χ0v) is 13.8. The molecule has 0 spiro atoms. The molecule has 1 aromatic rings. The second kappa shape index (κ2) is 10.6. The van der Waals surface area contributed by atoms with E-state index in [0.29, 0.717) is 0 Å². The summed E-state index contributed by atoms with van der Waals surface area (Å²) < 4.78 is 58.9. The molecule has 0 N–H and O–H groups in total. The third kappa shape index (κ3) is 11.6. The number of hydrogen-bond donors (Lipinski definition) is 0. The Labute approximate surface area is 139 Å². The minimum absolute atomic E-state index is 0. The van der Waals surface area contributed by atoms with Gasteiger partial charge in [-0.3, -0.25) is 6.08 Å². The van der Waals surface area contributed by atoms with Gasteiger partial charge in [0.1, 0.15) is 0 Å². The number of allylic oxidation sites excluding steroid dienone is 4. The number of rotatable bonds is 0. The van der Waals surface area contributed by atoms with Crippen molar-refractivity contribution < 1.29 is 43.2 Å². The van der Waals surface area contributed by atoms with Gasteiger partial charge in [-0.2, -0.15) is 19.2 Å². The maximum Gasteiger partial charge on any atom is 2.00 e. The minimum atomic E-state index is -6.09. The summed E-state index contributed by atoms with van der Waals surface area (Å²) in [7, 11) is -6.09. The summed E-state index contributed by atoms with van der Waals surface area (Å²) >= 11 is 0. The first-order chi connectivity index (χ1) is 9.54. The quantitative estimate of drug-likeness (QED) is 0.301. The summed E-state index contributed by atoms with van der Waals surface area (Å²) in [4.78, 5) is 0. The summed E-state index contributed by atoms with van der Waals surface area (Å²) in [6.45, 7) is 4.19. The van der Waals surface area contributed by atoms with Crippen LogP contribution in [0.4, 0.5) is 13.2 Å². The monoisotopic (exact) mass is 376 g/mol. The van der Waals surface area contributed by atoms with Crippen LogP contribution in [0, 0.1) is 19.9 Å². The van der Waals surface area contributed by atoms with Crippen molar-refractivity contribution in [2.45, 2.75) is 25.8 Å². The van der Waals surface area contributed by atoms with Gasteiger partial charge in [-0.05, 0) is 13.8 Å². The molecule has 0 atom stereocenters. The van der Waals surface area contributed by atoms with Crippen LogP contribution < -0.4 is 0 Å². The van der Waals surface area contributed by atoms with E-state index in [-0.39, 0.29) is 17.1 Å². The van der Waals surface area contributed by atoms with Crippen molar-refractivity contribution in [3.8, 4) is 0 Å². The van der Waals surface area contributed by atoms with Gasteiger partial charge < -0.3 is 4.55 Å². The molecule has 8 heteroatoms. The minimum Gasteiger partial charge on any atom is -0.741 e. The van der Waals surface area contributed by atoms with Crippen LogP contribution in [-0.4, -0.2) is 18.5 Å². The Morgan fingerprint density at radius 1 is 1.09 bits per heavy atom. The first-order valence-corrected chi connectivity index (χ1v) is 7.22. The first-order valence-electron chi connectivity index (χ1n) is 5.81. The van der Waals surface area contributed by atoms with Crippen molar-refractivity contribution in [3.05, 3.63) is 59.7 Å². The fourth-order valence-electron chi connectivity index (χ4n) is 0.977. The summed E-state index contributed by atoms with van der Waals surface area (Å²) in [5.74, 6) is 0. The molecule has 0 fully saturated rings. The van der Waals surface area contributed by atoms with E-state index in [1.165, 1.54) is 11.1 Å². The van der Waals surface area contributed by atoms with Crippen LogP contribution in [0.1, 0.15) is 17.5 Å². The van der Waals surface area contributed by atoms with Crippen LogP contribution in [0.2, 0.25) is 0 Å². The average Bonchev–Trinajstić information content (AvgIpc) is 2.90. The van der Waals surface area contributed by atoms with Gasteiger partial charge in [-0.15, -0.1) is 6.42 Å². The number of alkyl halides is 3. The van der Waals surface area contributed by atoms with Gasteiger partial charge in [-0.1, -0.05) is 35.4 Å². The molecule has 0 heterocycles. The van der Waals surface area contributed by atoms with Crippen molar-refractivity contribution in [3.63, 3.8) is 0 Å². The molecule has 0 unspecified atom stereocenters. The molecule has 0 saturated carbocycles. The summed E-state index contributed by atoms with van der Waals surface area (Å²) in [5.41, 5.74) is -2.99. The maximum absolute atomic E-state index is 10.7. The molecular weight excluding hydrogens is 361 g/mol. The van der Waals surface area contributed by atoms with Gasteiger partial charge >= 0.3 is 22.6 Å². The molecule has 124 valence electrons. The van der Waals surface area contributed by atoms with Gasteiger partial charge in [-0.25, -0.2) is 20.6 Å². The average molecular weight is 376 g/mol. The Morgan fingerprint density at radius 3 is 1.59 bits per heavy atom. The van der Waals surface area contributed by atoms with Crippen LogP contribution in [0.3, 0.4) is 0 Å². The molecule has 0 bridgehead atoms. The Bertz CT molecular complexity index is 545. The van der Waals surface area contributed by atoms with Crippen LogP contribution in [0.15, 0.2) is 42.5 Å². The molecule has 1 aliphatic carbocycles. The van der Waals surface area contributed by atoms with E-state index in [1.54, 1.807) is 0 Å². The molecule has 0 radical (unpaired) electrons. The third-order valence-electron chi connectivity index (χ3n) is 2.09. The van der Waals surface area contributed by atoms with Crippen LogP contribution in [-0.2, 0) is 27.2 Å². The van der Waals surface area contributed by atoms with Gasteiger partial charge in [0.2, 0.25) is 0 Å². The van der Waals surface area contributed by atoms with E-state index in [1.807, 2.05) is 12.2 Å². The standard InChI is InChI=1S/C8H10.C5H5.CHF3O3S.Fe/c1-7-3-5-8(2)6-4-7;1-2-4-5-3-1;2-1(3,4)8(5,6)7;/h3-6H,1-2H3;1-3H,4H2;(H,5,6,7);/q;-1;;+2/p-1. The van der Waals surface area contributed by atoms with E-state index in [9.17, 15) is 13.2 Å². The third-order valence-corrected chi connectivity index (χ3v) is 2.65. The molecule has 2 rings (SSSR count). The van der Waals surface area contributed by atoms with Gasteiger partial charge in [0.05, 0.1) is 0 Å². The number of hydrogen-bond acceptors (Lipinski definition) is 3. The second-order valence-corrected chi connectivity index (χ2v) is 5.43. The van der Waals surface area contributed by atoms with Crippen molar-refractivity contribution >= 4 is 10.1 Å². The molecule has 0 aliphatic heterocycles. The van der Waals surface area contributed by atoms with Crippen LogP contribution in [0.25, 0.3) is 0 Å². The fraction of sp³-hybridized carbons (Fsp3) is 0.286. The Morgan fingerprint density at radius 2 is 1.45 bits per heavy atom. The van der Waals surface area contributed by atoms with Crippen molar-refractivity contribution in [2.75, 3.05) is 0 Å². The van der Waals surface area contributed by atoms with E-state index < -0.39 is 15.6 Å². The molecule has 1 aliphatic rings. The van der Waals surface area contributed by atoms with Gasteiger partial charge in [0.15, 0.2) is 10.1 Å². The normalized spacial score (nSPS) is 12.5. The smallest absolute Gasteiger partial charge is 0.741 e. The number of benzene rings is 1. The molecular formula is C14H15F3FeO3S. The zero-order chi connectivity index (χ0) is 16.5. The Balaban J connectivity index is 0. The molecule has 0 saturated heterocycles. The van der Waals surface area contributed by atoms with E-state index in [2.05, 4.69) is 50.3 Å². The van der Waals surface area contributed by atoms with E-state index in [4.69, 9.17) is 13.0 Å². The van der Waals surface area contributed by atoms with Crippen molar-refractivity contribution in [1.82, 2.24) is 0 Å². The second-order valence-electron chi connectivity index (χ2n) is 4.06. The van der Waals surface area contributed by atoms with Crippen molar-refractivity contribution in [1.29, 1.82) is 0 Å². The Kier molecular flexibility index (Phi) is 11.2. The number of aryl methyl sites for hydroxylation is 2. The largest absolute Gasteiger partial charge is 2.00 e. The predicted molar refractivity (Wildman–Crippen MR) is 73.2 cm³/mol. The SMILES string of the molecule is Cc1ccc(C)cc1.O=S(=O)([O-])C(F)(F)F.[C-]1=CC=CC1.[Fe+2]. The van der Waals surface area contributed by atoms with E-state index >= 15 is 0 Å². The van der Waals surface area contributed by atoms with Crippen molar-refractivity contribution in [2.24, 2.45) is 0 Å². The van der Waals surface area contributed by atoms with E-state index in [0.717, 1.165) is 6.42 Å². The number of halogens is 3. The summed E-state index contributed by atoms with van der Waals surface area (Å²) in [6, 6.07) is 8.48. The maximum atomic E-state index is 10.7. The molecule has 3 nitrogen and oxygen atoms in total. The molecule has 1 aromatic carbocycles. The van der Waals surface area contributed by atoms with Crippen LogP contribution in [0.5, 0.6) is 0 Å². The van der Waals surface area contributed by atoms with Gasteiger partial charge in [0.25, 0.3) is 0 Å². The predicted octanol–water partition coefficient (Wildman–Crippen LogP) is 3.66. The summed E-state index contributed by atoms with van der Waals surface area (Å²) in [5, 5.41) is 0. The molecule has 0 aromatic heterocycles. The zero-order valence-electron chi connectivity index (χ0n) is 11.9. The van der Waals surface area contributed by atoms with Crippen LogP contribution >= 0.6 is 0 Å². The summed E-state index contributed by atoms with van der Waals surface area (Å²) in [6.07, 6.45) is 10.0. The fourth-order valence-corrected chi connectivity index (χ4v) is 0.977. The topological polar surface area (TPSA) is 57.2 Å². The molecule has 0 amide bonds.